The number of hydrogen-bond acceptors (Lipinski definition) is 13. The minimum Gasteiger partial charge on any atom is -0.463 e. The highest BCUT2D eigenvalue weighted by molar-refractivity contribution is 5.69. The second-order valence-electron chi connectivity index (χ2n) is 10.4. The molecule has 17 nitrogen and oxygen atoms in total. The fourth-order valence-electron chi connectivity index (χ4n) is 4.88. The number of carbonyl (C=O) groups excluding carboxylic acids is 1. The van der Waals surface area contributed by atoms with Crippen LogP contribution >= 0.6 is 0 Å². The molecule has 230 valence electrons. The van der Waals surface area contributed by atoms with Gasteiger partial charge in [-0.1, -0.05) is 6.42 Å². The van der Waals surface area contributed by atoms with Crippen LogP contribution in [-0.4, -0.2) is 113 Å². The van der Waals surface area contributed by atoms with Gasteiger partial charge in [0.2, 0.25) is 0 Å². The fraction of sp³-hybridized carbons (Fsp3) is 0.750. The number of nitrogens with zero attached hydrogens (tertiary/aromatic N) is 1. The number of nitrogens with one attached hydrogen (secondary N) is 3. The first-order valence-corrected chi connectivity index (χ1v) is 13.4. The van der Waals surface area contributed by atoms with E-state index in [1.807, 2.05) is 4.98 Å². The van der Waals surface area contributed by atoms with Crippen LogP contribution in [0.15, 0.2) is 14.4 Å². The number of imidazole rings is 1. The summed E-state index contributed by atoms with van der Waals surface area (Å²) < 4.78 is 22.7. The minimum absolute atomic E-state index is 0.0144. The Morgan fingerprint density at radius 2 is 1.73 bits per heavy atom. The Balaban J connectivity index is 1.28. The summed E-state index contributed by atoms with van der Waals surface area (Å²) in [7, 11) is 0. The molecular weight excluding hydrogens is 552 g/mol. The zero-order valence-corrected chi connectivity index (χ0v) is 22.5. The van der Waals surface area contributed by atoms with Crippen molar-refractivity contribution in [1.29, 1.82) is 0 Å². The summed E-state index contributed by atoms with van der Waals surface area (Å²) in [5.41, 5.74) is -3.37. The Labute approximate surface area is 231 Å². The summed E-state index contributed by atoms with van der Waals surface area (Å²) in [6, 6.07) is 0. The molecule has 17 heteroatoms. The molecule has 4 rings (SSSR count). The topological polar surface area (TPSA) is 259 Å². The highest BCUT2D eigenvalue weighted by Crippen LogP contribution is 2.29. The van der Waals surface area contributed by atoms with Gasteiger partial charge in [0.1, 0.15) is 37.1 Å². The molecule has 0 unspecified atom stereocenters. The molecule has 2 aromatic heterocycles. The standard InChI is InChI=1S/C24H36N4O13/c1-9(39-22-12(30)7-11(29)10(2)40-22)5-3-4-6-14(31)38-8-13-16(32)17(33)18(34)21(41-13)28-19-15(25-23(36)26-19)20(35)27-24(28)37/h9-13,16-18,21-22,29-30,32-34H,3-8H2,1-2H3,(H2,25,26,36)(H,27,35,37)/t9-,10+,11-,12-,13-,16-,17+,18-,21-,22-/m1/s1. The normalized spacial score (nSPS) is 33.1. The zero-order valence-electron chi connectivity index (χ0n) is 22.5. The smallest absolute Gasteiger partial charge is 0.332 e. The molecule has 41 heavy (non-hydrogen) atoms. The lowest BCUT2D eigenvalue weighted by atomic mass is 9.98. The van der Waals surface area contributed by atoms with Gasteiger partial charge < -0.3 is 44.5 Å². The molecule has 2 aliphatic rings. The van der Waals surface area contributed by atoms with Gasteiger partial charge in [-0.3, -0.25) is 24.5 Å². The molecule has 2 aromatic rings. The lowest BCUT2D eigenvalue weighted by molar-refractivity contribution is -0.273. The van der Waals surface area contributed by atoms with E-state index in [1.54, 1.807) is 13.8 Å². The van der Waals surface area contributed by atoms with E-state index in [9.17, 15) is 44.7 Å². The van der Waals surface area contributed by atoms with Gasteiger partial charge in [0.25, 0.3) is 5.56 Å². The van der Waals surface area contributed by atoms with Gasteiger partial charge >= 0.3 is 17.3 Å². The van der Waals surface area contributed by atoms with Crippen LogP contribution in [0.1, 0.15) is 52.2 Å². The molecule has 0 saturated carbocycles. The number of hydrogen-bond donors (Lipinski definition) is 8. The van der Waals surface area contributed by atoms with Gasteiger partial charge in [-0.15, -0.1) is 0 Å². The van der Waals surface area contributed by atoms with Crippen molar-refractivity contribution in [2.24, 2.45) is 0 Å². The van der Waals surface area contributed by atoms with Gasteiger partial charge in [0.05, 0.1) is 18.3 Å². The van der Waals surface area contributed by atoms with Crippen molar-refractivity contribution in [3.8, 4) is 0 Å². The number of ether oxygens (including phenoxy) is 4. The number of aliphatic hydroxyl groups excluding tert-OH is 5. The summed E-state index contributed by atoms with van der Waals surface area (Å²) >= 11 is 0. The van der Waals surface area contributed by atoms with E-state index in [1.165, 1.54) is 0 Å². The largest absolute Gasteiger partial charge is 0.463 e. The molecule has 10 atom stereocenters. The number of carbonyl (C=O) groups is 1. The first-order chi connectivity index (χ1) is 19.4. The van der Waals surface area contributed by atoms with Crippen LogP contribution in [0, 0.1) is 0 Å². The van der Waals surface area contributed by atoms with Crippen LogP contribution in [-0.2, 0) is 23.7 Å². The van der Waals surface area contributed by atoms with Gasteiger partial charge in [-0.2, -0.15) is 0 Å². The average Bonchev–Trinajstić information content (AvgIpc) is 3.30. The highest BCUT2D eigenvalue weighted by Gasteiger charge is 2.46. The van der Waals surface area contributed by atoms with Crippen molar-refractivity contribution in [3.05, 3.63) is 31.3 Å². The maximum atomic E-state index is 12.5. The van der Waals surface area contributed by atoms with Crippen molar-refractivity contribution in [3.63, 3.8) is 0 Å². The molecule has 0 spiro atoms. The third-order valence-electron chi connectivity index (χ3n) is 7.26. The predicted molar refractivity (Wildman–Crippen MR) is 137 cm³/mol. The zero-order chi connectivity index (χ0) is 30.0. The summed E-state index contributed by atoms with van der Waals surface area (Å²) in [6.45, 7) is 2.97. The lowest BCUT2D eigenvalue weighted by Gasteiger charge is -2.40. The van der Waals surface area contributed by atoms with Crippen molar-refractivity contribution >= 4 is 17.1 Å². The molecule has 8 N–H and O–H groups in total. The molecule has 2 saturated heterocycles. The Morgan fingerprint density at radius 1 is 1.00 bits per heavy atom. The second-order valence-corrected chi connectivity index (χ2v) is 10.4. The Hall–Kier alpha value is -2.90. The van der Waals surface area contributed by atoms with E-state index in [0.717, 1.165) is 0 Å². The number of esters is 1. The lowest BCUT2D eigenvalue weighted by Crippen LogP contribution is -2.58. The predicted octanol–water partition coefficient (Wildman–Crippen LogP) is -2.95. The van der Waals surface area contributed by atoms with Crippen molar-refractivity contribution in [1.82, 2.24) is 19.5 Å². The SMILES string of the molecule is C[C@H](CCCCC(=O)OC[C@H]1O[C@@H](n2c(=O)[nH]c(=O)c3[nH]c(=O)[nH]c32)[C@H](O)[C@@H](O)[C@@H]1O)O[C@@H]1O[C@@H](C)[C@H](O)C[C@H]1O. The van der Waals surface area contributed by atoms with Crippen LogP contribution < -0.4 is 16.9 Å². The third kappa shape index (κ3) is 6.95. The van der Waals surface area contributed by atoms with Gasteiger partial charge in [0, 0.05) is 12.8 Å². The fourth-order valence-corrected chi connectivity index (χ4v) is 4.88. The summed E-state index contributed by atoms with van der Waals surface area (Å²) in [4.78, 5) is 55.0. The van der Waals surface area contributed by atoms with Crippen LogP contribution in [0.25, 0.3) is 11.2 Å². The van der Waals surface area contributed by atoms with Crippen molar-refractivity contribution in [2.75, 3.05) is 6.61 Å². The molecule has 0 radical (unpaired) electrons. The van der Waals surface area contributed by atoms with Crippen LogP contribution in [0.5, 0.6) is 0 Å². The number of rotatable bonds is 10. The van der Waals surface area contributed by atoms with E-state index in [-0.39, 0.29) is 30.1 Å². The highest BCUT2D eigenvalue weighted by atomic mass is 16.7. The van der Waals surface area contributed by atoms with E-state index in [0.29, 0.717) is 23.8 Å². The number of aliphatic hydroxyl groups is 5. The molecular formula is C24H36N4O13. The quantitative estimate of drug-likeness (QED) is 0.102. The van der Waals surface area contributed by atoms with Crippen LogP contribution in [0.3, 0.4) is 0 Å². The minimum atomic E-state index is -1.85. The Kier molecular flexibility index (Phi) is 9.81. The van der Waals surface area contributed by atoms with Crippen LogP contribution in [0.4, 0.5) is 0 Å². The molecule has 0 aromatic carbocycles. The van der Waals surface area contributed by atoms with Gasteiger partial charge in [-0.05, 0) is 26.7 Å². The van der Waals surface area contributed by atoms with E-state index < -0.39 is 84.8 Å². The van der Waals surface area contributed by atoms with Crippen molar-refractivity contribution in [2.45, 2.75) is 107 Å². The van der Waals surface area contributed by atoms with E-state index in [4.69, 9.17) is 18.9 Å². The van der Waals surface area contributed by atoms with E-state index in [2.05, 4.69) is 9.97 Å². The maximum absolute atomic E-state index is 12.5. The second kappa shape index (κ2) is 13.0. The van der Waals surface area contributed by atoms with Gasteiger partial charge in [-0.25, -0.2) is 14.2 Å². The Morgan fingerprint density at radius 3 is 2.46 bits per heavy atom. The maximum Gasteiger partial charge on any atom is 0.332 e. The van der Waals surface area contributed by atoms with Gasteiger partial charge in [0.15, 0.2) is 23.7 Å². The Bertz CT molecular complexity index is 1370. The third-order valence-corrected chi connectivity index (χ3v) is 7.26. The molecule has 4 heterocycles. The number of unbranched alkanes of at least 4 members (excludes halogenated alkanes) is 1. The molecule has 0 bridgehead atoms. The molecule has 0 amide bonds. The van der Waals surface area contributed by atoms with Crippen LogP contribution in [0.2, 0.25) is 0 Å². The monoisotopic (exact) mass is 588 g/mol. The molecule has 0 aliphatic carbocycles. The molecule has 2 fully saturated rings. The summed E-state index contributed by atoms with van der Waals surface area (Å²) in [6.07, 6.45) is -9.98. The average molecular weight is 589 g/mol. The molecule has 2 aliphatic heterocycles. The summed E-state index contributed by atoms with van der Waals surface area (Å²) in [5, 5.41) is 51.1. The number of aromatic amines is 3. The summed E-state index contributed by atoms with van der Waals surface area (Å²) in [5.74, 6) is -0.626. The number of H-pyrrole nitrogens is 3. The van der Waals surface area contributed by atoms with Crippen molar-refractivity contribution < 1.29 is 49.3 Å². The number of aromatic nitrogens is 4. The van der Waals surface area contributed by atoms with E-state index >= 15 is 0 Å². The number of fused-ring (bicyclic) bond motifs is 1. The first kappa shape index (κ1) is 31.0. The first-order valence-electron chi connectivity index (χ1n) is 13.4.